The van der Waals surface area contributed by atoms with Crippen molar-refractivity contribution in [1.82, 2.24) is 0 Å². The third kappa shape index (κ3) is 3.12. The molecule has 0 amide bonds. The van der Waals surface area contributed by atoms with Crippen LogP contribution in [0.25, 0.3) is 0 Å². The maximum Gasteiger partial charge on any atom is 0.133 e. The molecule has 0 bridgehead atoms. The van der Waals surface area contributed by atoms with E-state index in [0.717, 1.165) is 15.8 Å². The first-order valence-corrected chi connectivity index (χ1v) is 6.66. The van der Waals surface area contributed by atoms with Gasteiger partial charge in [-0.1, -0.05) is 36.4 Å². The molecule has 0 fully saturated rings. The highest BCUT2D eigenvalue weighted by Crippen LogP contribution is 2.25. The molecule has 0 aliphatic heterocycles. The standard InChI is InChI=1S/C15H16BrNO/c1-11-6-2-3-7-12(11)14(17)10-18-15-9-5-4-8-13(15)16/h2-9,14H,10,17H2,1H3. The second-order valence-corrected chi connectivity index (χ2v) is 5.06. The second-order valence-electron chi connectivity index (χ2n) is 4.20. The van der Waals surface area contributed by atoms with Crippen molar-refractivity contribution in [3.63, 3.8) is 0 Å². The van der Waals surface area contributed by atoms with Crippen LogP contribution in [0.2, 0.25) is 0 Å². The maximum absolute atomic E-state index is 6.15. The summed E-state index contributed by atoms with van der Waals surface area (Å²) in [5, 5.41) is 0. The molecule has 0 heterocycles. The summed E-state index contributed by atoms with van der Waals surface area (Å²) in [6.07, 6.45) is 0. The lowest BCUT2D eigenvalue weighted by Gasteiger charge is -2.16. The van der Waals surface area contributed by atoms with E-state index in [4.69, 9.17) is 10.5 Å². The van der Waals surface area contributed by atoms with Gasteiger partial charge in [0.15, 0.2) is 0 Å². The fraction of sp³-hybridized carbons (Fsp3) is 0.200. The van der Waals surface area contributed by atoms with E-state index in [2.05, 4.69) is 28.9 Å². The molecule has 2 nitrogen and oxygen atoms in total. The number of halogens is 1. The van der Waals surface area contributed by atoms with Crippen molar-refractivity contribution in [2.75, 3.05) is 6.61 Å². The van der Waals surface area contributed by atoms with E-state index in [9.17, 15) is 0 Å². The Morgan fingerprint density at radius 3 is 2.50 bits per heavy atom. The van der Waals surface area contributed by atoms with Gasteiger partial charge in [-0.25, -0.2) is 0 Å². The summed E-state index contributed by atoms with van der Waals surface area (Å²) in [7, 11) is 0. The highest BCUT2D eigenvalue weighted by atomic mass is 79.9. The zero-order chi connectivity index (χ0) is 13.0. The summed E-state index contributed by atoms with van der Waals surface area (Å²) in [4.78, 5) is 0. The number of hydrogen-bond donors (Lipinski definition) is 1. The Kier molecular flexibility index (Phi) is 4.39. The molecule has 0 radical (unpaired) electrons. The molecule has 94 valence electrons. The molecule has 18 heavy (non-hydrogen) atoms. The average Bonchev–Trinajstić information content (AvgIpc) is 2.38. The molecule has 0 aliphatic rings. The van der Waals surface area contributed by atoms with Gasteiger partial charge in [0, 0.05) is 0 Å². The molecule has 0 spiro atoms. The van der Waals surface area contributed by atoms with Crippen LogP contribution in [-0.4, -0.2) is 6.61 Å². The van der Waals surface area contributed by atoms with E-state index in [0.29, 0.717) is 6.61 Å². The van der Waals surface area contributed by atoms with Crippen molar-refractivity contribution >= 4 is 15.9 Å². The summed E-state index contributed by atoms with van der Waals surface area (Å²) in [5.74, 6) is 0.821. The van der Waals surface area contributed by atoms with Crippen LogP contribution in [0.15, 0.2) is 53.0 Å². The van der Waals surface area contributed by atoms with Gasteiger partial charge in [-0.15, -0.1) is 0 Å². The number of nitrogens with two attached hydrogens (primary N) is 1. The smallest absolute Gasteiger partial charge is 0.133 e. The summed E-state index contributed by atoms with van der Waals surface area (Å²) in [6, 6.07) is 15.8. The zero-order valence-corrected chi connectivity index (χ0v) is 11.9. The van der Waals surface area contributed by atoms with Gasteiger partial charge < -0.3 is 10.5 Å². The van der Waals surface area contributed by atoms with Crippen molar-refractivity contribution in [3.8, 4) is 5.75 Å². The first kappa shape index (κ1) is 13.1. The average molecular weight is 306 g/mol. The number of hydrogen-bond acceptors (Lipinski definition) is 2. The van der Waals surface area contributed by atoms with Crippen LogP contribution in [0.3, 0.4) is 0 Å². The number of ether oxygens (including phenoxy) is 1. The maximum atomic E-state index is 6.15. The molecule has 2 N–H and O–H groups in total. The Morgan fingerprint density at radius 1 is 1.11 bits per heavy atom. The van der Waals surface area contributed by atoms with Gasteiger partial charge in [0.1, 0.15) is 12.4 Å². The normalized spacial score (nSPS) is 12.2. The lowest BCUT2D eigenvalue weighted by Crippen LogP contribution is -2.20. The van der Waals surface area contributed by atoms with E-state index in [1.165, 1.54) is 5.56 Å². The monoisotopic (exact) mass is 305 g/mol. The molecule has 3 heteroatoms. The zero-order valence-electron chi connectivity index (χ0n) is 10.3. The van der Waals surface area contributed by atoms with Crippen LogP contribution in [0, 0.1) is 6.92 Å². The van der Waals surface area contributed by atoms with Crippen molar-refractivity contribution in [1.29, 1.82) is 0 Å². The molecule has 2 aromatic carbocycles. The fourth-order valence-corrected chi connectivity index (χ4v) is 2.23. The lowest BCUT2D eigenvalue weighted by molar-refractivity contribution is 0.288. The number of para-hydroxylation sites is 1. The Balaban J connectivity index is 2.03. The molecule has 2 aromatic rings. The van der Waals surface area contributed by atoms with Gasteiger partial charge >= 0.3 is 0 Å². The van der Waals surface area contributed by atoms with Crippen molar-refractivity contribution < 1.29 is 4.74 Å². The third-order valence-corrected chi connectivity index (χ3v) is 3.50. The molecule has 1 unspecified atom stereocenters. The van der Waals surface area contributed by atoms with Crippen LogP contribution in [0.4, 0.5) is 0 Å². The predicted octanol–water partition coefficient (Wildman–Crippen LogP) is 3.84. The van der Waals surface area contributed by atoms with Crippen LogP contribution >= 0.6 is 15.9 Å². The van der Waals surface area contributed by atoms with E-state index in [1.807, 2.05) is 42.5 Å². The molecule has 0 aliphatic carbocycles. The van der Waals surface area contributed by atoms with Crippen LogP contribution in [0.1, 0.15) is 17.2 Å². The number of rotatable bonds is 4. The van der Waals surface area contributed by atoms with Crippen LogP contribution in [0.5, 0.6) is 5.75 Å². The molecule has 2 rings (SSSR count). The number of aryl methyl sites for hydroxylation is 1. The minimum atomic E-state index is -0.113. The van der Waals surface area contributed by atoms with Gasteiger partial charge in [-0.3, -0.25) is 0 Å². The van der Waals surface area contributed by atoms with E-state index in [-0.39, 0.29) is 6.04 Å². The van der Waals surface area contributed by atoms with Crippen LogP contribution in [-0.2, 0) is 0 Å². The van der Waals surface area contributed by atoms with Gasteiger partial charge in [-0.05, 0) is 46.1 Å². The van der Waals surface area contributed by atoms with Crippen molar-refractivity contribution in [3.05, 3.63) is 64.1 Å². The van der Waals surface area contributed by atoms with Crippen LogP contribution < -0.4 is 10.5 Å². The minimum Gasteiger partial charge on any atom is -0.490 e. The van der Waals surface area contributed by atoms with Gasteiger partial charge in [0.25, 0.3) is 0 Å². The summed E-state index contributed by atoms with van der Waals surface area (Å²) in [5.41, 5.74) is 8.48. The highest BCUT2D eigenvalue weighted by molar-refractivity contribution is 9.10. The third-order valence-electron chi connectivity index (χ3n) is 2.84. The summed E-state index contributed by atoms with van der Waals surface area (Å²) >= 11 is 3.45. The quantitative estimate of drug-likeness (QED) is 0.931. The van der Waals surface area contributed by atoms with E-state index < -0.39 is 0 Å². The molecular formula is C15H16BrNO. The summed E-state index contributed by atoms with van der Waals surface area (Å²) in [6.45, 7) is 2.53. The predicted molar refractivity (Wildman–Crippen MR) is 77.7 cm³/mol. The number of benzene rings is 2. The molecule has 0 saturated carbocycles. The molecule has 1 atom stereocenters. The van der Waals surface area contributed by atoms with Gasteiger partial charge in [0.2, 0.25) is 0 Å². The largest absolute Gasteiger partial charge is 0.490 e. The fourth-order valence-electron chi connectivity index (χ4n) is 1.83. The van der Waals surface area contributed by atoms with Gasteiger partial charge in [-0.2, -0.15) is 0 Å². The first-order valence-electron chi connectivity index (χ1n) is 5.87. The van der Waals surface area contributed by atoms with Crippen molar-refractivity contribution in [2.24, 2.45) is 5.73 Å². The Labute approximate surface area is 116 Å². The molecule has 0 saturated heterocycles. The van der Waals surface area contributed by atoms with E-state index in [1.54, 1.807) is 0 Å². The molecule has 0 aromatic heterocycles. The Bertz CT molecular complexity index is 527. The Hall–Kier alpha value is -1.32. The van der Waals surface area contributed by atoms with Crippen molar-refractivity contribution in [2.45, 2.75) is 13.0 Å². The minimum absolute atomic E-state index is 0.113. The topological polar surface area (TPSA) is 35.2 Å². The summed E-state index contributed by atoms with van der Waals surface area (Å²) < 4.78 is 6.68. The Morgan fingerprint density at radius 2 is 1.78 bits per heavy atom. The first-order chi connectivity index (χ1) is 8.68. The second kappa shape index (κ2) is 6.03. The molecular weight excluding hydrogens is 290 g/mol. The van der Waals surface area contributed by atoms with Gasteiger partial charge in [0.05, 0.1) is 10.5 Å². The highest BCUT2D eigenvalue weighted by Gasteiger charge is 2.10. The lowest BCUT2D eigenvalue weighted by atomic mass is 10.0. The van der Waals surface area contributed by atoms with E-state index >= 15 is 0 Å². The SMILES string of the molecule is Cc1ccccc1C(N)COc1ccccc1Br.